The summed E-state index contributed by atoms with van der Waals surface area (Å²) in [5, 5.41) is 1.35. The van der Waals surface area contributed by atoms with Gasteiger partial charge in [-0.25, -0.2) is 0 Å². The van der Waals surface area contributed by atoms with Gasteiger partial charge in [0.05, 0.1) is 5.60 Å². The van der Waals surface area contributed by atoms with Crippen molar-refractivity contribution in [2.75, 3.05) is 7.05 Å². The van der Waals surface area contributed by atoms with Gasteiger partial charge >= 0.3 is 0 Å². The van der Waals surface area contributed by atoms with Crippen molar-refractivity contribution in [3.8, 4) is 0 Å². The van der Waals surface area contributed by atoms with Crippen LogP contribution in [0.1, 0.15) is 58.9 Å². The van der Waals surface area contributed by atoms with E-state index in [0.717, 1.165) is 19.3 Å². The van der Waals surface area contributed by atoms with Crippen LogP contribution < -0.4 is 0 Å². The summed E-state index contributed by atoms with van der Waals surface area (Å²) in [7, 11) is 2.26. The molecule has 0 aliphatic carbocycles. The third kappa shape index (κ3) is 3.37. The summed E-state index contributed by atoms with van der Waals surface area (Å²) in [6.45, 7) is 9.12. The fourth-order valence-corrected chi connectivity index (χ4v) is 4.82. The van der Waals surface area contributed by atoms with Gasteiger partial charge < -0.3 is 9.72 Å². The van der Waals surface area contributed by atoms with Crippen molar-refractivity contribution in [2.45, 2.75) is 77.7 Å². The van der Waals surface area contributed by atoms with Gasteiger partial charge in [0.1, 0.15) is 6.23 Å². The monoisotopic (exact) mass is 342 g/mol. The molecule has 3 heteroatoms. The number of hydrogen-bond acceptors (Lipinski definition) is 2. The van der Waals surface area contributed by atoms with E-state index in [1.54, 1.807) is 0 Å². The van der Waals surface area contributed by atoms with E-state index >= 15 is 0 Å². The second kappa shape index (κ2) is 7.51. The minimum atomic E-state index is -0.0223. The molecule has 1 aromatic carbocycles. The van der Waals surface area contributed by atoms with Gasteiger partial charge in [-0.05, 0) is 43.9 Å². The average Bonchev–Trinajstić information content (AvgIpc) is 3.11. The number of nitrogens with zero attached hydrogens (tertiary/aromatic N) is 1. The Hall–Kier alpha value is -1.32. The molecule has 0 spiro atoms. The van der Waals surface area contributed by atoms with Gasteiger partial charge in [-0.2, -0.15) is 0 Å². The predicted molar refractivity (Wildman–Crippen MR) is 106 cm³/mol. The van der Waals surface area contributed by atoms with Crippen LogP contribution >= 0.6 is 0 Å². The summed E-state index contributed by atoms with van der Waals surface area (Å²) in [5.41, 5.74) is 2.62. The van der Waals surface area contributed by atoms with Crippen LogP contribution in [0.2, 0.25) is 0 Å². The smallest absolute Gasteiger partial charge is 0.113 e. The first-order valence-electron chi connectivity index (χ1n) is 9.97. The number of ether oxygens (including phenoxy) is 1. The Bertz CT molecular complexity index is 684. The molecular formula is C22H34N2O. The van der Waals surface area contributed by atoms with Crippen molar-refractivity contribution in [3.05, 3.63) is 36.0 Å². The lowest BCUT2D eigenvalue weighted by molar-refractivity contribution is -0.0858. The van der Waals surface area contributed by atoms with Gasteiger partial charge in [-0.1, -0.05) is 58.7 Å². The van der Waals surface area contributed by atoms with Gasteiger partial charge in [0, 0.05) is 23.1 Å². The number of benzene rings is 1. The minimum Gasteiger partial charge on any atom is -0.361 e. The second-order valence-corrected chi connectivity index (χ2v) is 8.06. The number of aromatic amines is 1. The van der Waals surface area contributed by atoms with E-state index < -0.39 is 0 Å². The summed E-state index contributed by atoms with van der Waals surface area (Å²) in [5.74, 6) is 0.506. The first-order valence-corrected chi connectivity index (χ1v) is 9.97. The zero-order chi connectivity index (χ0) is 18.0. The van der Waals surface area contributed by atoms with E-state index in [-0.39, 0.29) is 11.8 Å². The number of likely N-dealkylation sites (N-methyl/N-ethyl adjacent to an activating group) is 1. The van der Waals surface area contributed by atoms with Crippen LogP contribution in [0.15, 0.2) is 30.5 Å². The van der Waals surface area contributed by atoms with Crippen molar-refractivity contribution in [1.29, 1.82) is 0 Å². The fraction of sp³-hybridized carbons (Fsp3) is 0.636. The molecule has 25 heavy (non-hydrogen) atoms. The van der Waals surface area contributed by atoms with Gasteiger partial charge in [0.25, 0.3) is 0 Å². The summed E-state index contributed by atoms with van der Waals surface area (Å²) >= 11 is 0. The maximum absolute atomic E-state index is 6.79. The van der Waals surface area contributed by atoms with Gasteiger partial charge in [-0.3, -0.25) is 4.90 Å². The Morgan fingerprint density at radius 1 is 1.16 bits per heavy atom. The minimum absolute atomic E-state index is 0.0223. The van der Waals surface area contributed by atoms with Gasteiger partial charge in [-0.15, -0.1) is 0 Å². The van der Waals surface area contributed by atoms with Crippen LogP contribution in [0, 0.1) is 5.92 Å². The van der Waals surface area contributed by atoms with E-state index in [1.165, 1.54) is 29.3 Å². The zero-order valence-electron chi connectivity index (χ0n) is 16.5. The summed E-state index contributed by atoms with van der Waals surface area (Å²) in [6.07, 6.45) is 8.08. The highest BCUT2D eigenvalue weighted by molar-refractivity contribution is 5.83. The highest BCUT2D eigenvalue weighted by Gasteiger charge is 2.51. The van der Waals surface area contributed by atoms with Crippen molar-refractivity contribution in [2.24, 2.45) is 5.92 Å². The molecule has 1 N–H and O–H groups in total. The molecule has 0 unspecified atom stereocenters. The Morgan fingerprint density at radius 2 is 1.84 bits per heavy atom. The third-order valence-electron chi connectivity index (χ3n) is 5.86. The molecule has 0 saturated carbocycles. The van der Waals surface area contributed by atoms with Crippen molar-refractivity contribution < 1.29 is 4.74 Å². The zero-order valence-corrected chi connectivity index (χ0v) is 16.5. The lowest BCUT2D eigenvalue weighted by Crippen LogP contribution is -2.46. The maximum Gasteiger partial charge on any atom is 0.113 e. The molecule has 138 valence electrons. The molecule has 1 aliphatic heterocycles. The molecule has 0 radical (unpaired) electrons. The second-order valence-electron chi connectivity index (χ2n) is 8.06. The highest BCUT2D eigenvalue weighted by Crippen LogP contribution is 2.43. The Balaban J connectivity index is 1.96. The molecule has 0 amide bonds. The van der Waals surface area contributed by atoms with E-state index in [0.29, 0.717) is 12.0 Å². The Labute approximate surface area is 152 Å². The fourth-order valence-electron chi connectivity index (χ4n) is 4.82. The van der Waals surface area contributed by atoms with Crippen LogP contribution in [0.25, 0.3) is 10.9 Å². The molecule has 1 fully saturated rings. The average molecular weight is 343 g/mol. The van der Waals surface area contributed by atoms with Gasteiger partial charge in [0.2, 0.25) is 0 Å². The standard InChI is InChI=1S/C22H34N2O/c1-6-12-22(13-7-2)20(24(5)21(25-22)16(3)4)14-17-15-23-19-11-9-8-10-18(17)19/h8-11,15-16,20-21,23H,6-7,12-14H2,1-5H3/t20-,21-/m0/s1. The normalized spacial score (nSPS) is 23.8. The molecule has 2 aromatic rings. The molecule has 0 bridgehead atoms. The summed E-state index contributed by atoms with van der Waals surface area (Å²) in [4.78, 5) is 5.95. The topological polar surface area (TPSA) is 28.3 Å². The largest absolute Gasteiger partial charge is 0.361 e. The van der Waals surface area contributed by atoms with Crippen molar-refractivity contribution >= 4 is 10.9 Å². The predicted octanol–water partition coefficient (Wildman–Crippen LogP) is 5.36. The number of rotatable bonds is 7. The molecule has 3 rings (SSSR count). The number of aromatic nitrogens is 1. The third-order valence-corrected chi connectivity index (χ3v) is 5.86. The van der Waals surface area contributed by atoms with Crippen LogP contribution in [-0.4, -0.2) is 34.8 Å². The van der Waals surface area contributed by atoms with E-state index in [2.05, 4.69) is 75.1 Å². The van der Waals surface area contributed by atoms with Crippen LogP contribution in [0.3, 0.4) is 0 Å². The SMILES string of the molecule is CCCC1(CCC)O[C@@H](C(C)C)N(C)[C@H]1Cc1c[nH]c2ccccc12. The number of H-pyrrole nitrogens is 1. The number of para-hydroxylation sites is 1. The lowest BCUT2D eigenvalue weighted by Gasteiger charge is -2.35. The van der Waals surface area contributed by atoms with Crippen LogP contribution in [-0.2, 0) is 11.2 Å². The Kier molecular flexibility index (Phi) is 5.55. The first kappa shape index (κ1) is 18.5. The van der Waals surface area contributed by atoms with Crippen molar-refractivity contribution in [1.82, 2.24) is 9.88 Å². The molecular weight excluding hydrogens is 308 g/mol. The summed E-state index contributed by atoms with van der Waals surface area (Å²) < 4.78 is 6.79. The van der Waals surface area contributed by atoms with Crippen LogP contribution in [0.4, 0.5) is 0 Å². The number of nitrogens with one attached hydrogen (secondary N) is 1. The molecule has 1 saturated heterocycles. The molecule has 1 aliphatic rings. The molecule has 1 aromatic heterocycles. The van der Waals surface area contributed by atoms with E-state index in [1.807, 2.05) is 0 Å². The van der Waals surface area contributed by atoms with E-state index in [9.17, 15) is 0 Å². The highest BCUT2D eigenvalue weighted by atomic mass is 16.5. The summed E-state index contributed by atoms with van der Waals surface area (Å²) in [6, 6.07) is 9.06. The molecule has 2 atom stereocenters. The first-order chi connectivity index (χ1) is 12.0. The van der Waals surface area contributed by atoms with E-state index in [4.69, 9.17) is 4.74 Å². The lowest BCUT2D eigenvalue weighted by atomic mass is 9.82. The van der Waals surface area contributed by atoms with Crippen molar-refractivity contribution in [3.63, 3.8) is 0 Å². The molecule has 3 nitrogen and oxygen atoms in total. The maximum atomic E-state index is 6.79. The quantitative estimate of drug-likeness (QED) is 0.733. The molecule has 2 heterocycles. The number of fused-ring (bicyclic) bond motifs is 1. The number of hydrogen-bond donors (Lipinski definition) is 1. The van der Waals surface area contributed by atoms with Gasteiger partial charge in [0.15, 0.2) is 0 Å². The Morgan fingerprint density at radius 3 is 2.48 bits per heavy atom. The van der Waals surface area contributed by atoms with Crippen LogP contribution in [0.5, 0.6) is 0 Å².